The maximum atomic E-state index is 12.3. The molecule has 0 amide bonds. The van der Waals surface area contributed by atoms with Crippen molar-refractivity contribution in [3.05, 3.63) is 48.3 Å². The molecule has 1 saturated heterocycles. The van der Waals surface area contributed by atoms with Crippen molar-refractivity contribution < 1.29 is 18.3 Å². The number of anilines is 1. The van der Waals surface area contributed by atoms with Crippen LogP contribution in [0.4, 0.5) is 5.95 Å². The molecule has 2 aromatic rings. The molecule has 9 nitrogen and oxygen atoms in total. The highest BCUT2D eigenvalue weighted by molar-refractivity contribution is 7.92. The lowest BCUT2D eigenvalue weighted by atomic mass is 10.1. The van der Waals surface area contributed by atoms with Gasteiger partial charge in [0.25, 0.3) is 10.0 Å². The van der Waals surface area contributed by atoms with Crippen LogP contribution in [0, 0.1) is 0 Å². The second kappa shape index (κ2) is 7.99. The van der Waals surface area contributed by atoms with Gasteiger partial charge in [-0.1, -0.05) is 18.2 Å². The number of carbonyl (C=O) groups is 1. The van der Waals surface area contributed by atoms with Crippen molar-refractivity contribution in [2.75, 3.05) is 31.4 Å². The fourth-order valence-corrected chi connectivity index (χ4v) is 3.85. The second-order valence-electron chi connectivity index (χ2n) is 6.40. The molecular weight excluding hydrogens is 370 g/mol. The molecule has 27 heavy (non-hydrogen) atoms. The Hall–Kier alpha value is -2.56. The maximum Gasteiger partial charge on any atom is 0.322 e. The van der Waals surface area contributed by atoms with E-state index in [0.717, 1.165) is 12.1 Å². The van der Waals surface area contributed by atoms with Gasteiger partial charge in [0.2, 0.25) is 5.95 Å². The number of aliphatic carboxylic acids is 1. The van der Waals surface area contributed by atoms with Crippen molar-refractivity contribution in [3.8, 4) is 0 Å². The predicted molar refractivity (Wildman–Crippen MR) is 98.6 cm³/mol. The smallest absolute Gasteiger partial charge is 0.322 e. The summed E-state index contributed by atoms with van der Waals surface area (Å²) in [6.07, 6.45) is 3.09. The molecule has 0 unspecified atom stereocenters. The van der Waals surface area contributed by atoms with E-state index in [1.807, 2.05) is 9.80 Å². The van der Waals surface area contributed by atoms with Crippen LogP contribution in [0.1, 0.15) is 5.56 Å². The van der Waals surface area contributed by atoms with Gasteiger partial charge in [-0.15, -0.1) is 0 Å². The molecule has 1 aliphatic rings. The largest absolute Gasteiger partial charge is 0.480 e. The molecule has 10 heteroatoms. The molecule has 0 bridgehead atoms. The van der Waals surface area contributed by atoms with Crippen LogP contribution in [0.5, 0.6) is 0 Å². The normalized spacial score (nSPS) is 18.9. The number of benzene rings is 1. The molecular formula is C17H21N5O4S. The Morgan fingerprint density at radius 1 is 1.22 bits per heavy atom. The number of hydrogen-bond donors (Lipinski definition) is 2. The Morgan fingerprint density at radius 3 is 2.52 bits per heavy atom. The molecule has 0 saturated carbocycles. The summed E-state index contributed by atoms with van der Waals surface area (Å²) in [4.78, 5) is 23.4. The van der Waals surface area contributed by atoms with Crippen LogP contribution in [0.2, 0.25) is 0 Å². The van der Waals surface area contributed by atoms with E-state index in [9.17, 15) is 18.3 Å². The third kappa shape index (κ3) is 4.79. The van der Waals surface area contributed by atoms with E-state index in [0.29, 0.717) is 19.6 Å². The average Bonchev–Trinajstić information content (AvgIpc) is 2.65. The summed E-state index contributed by atoms with van der Waals surface area (Å²) in [7, 11) is -1.93. The quantitative estimate of drug-likeness (QED) is 0.730. The zero-order chi connectivity index (χ0) is 19.4. The van der Waals surface area contributed by atoms with Crippen molar-refractivity contribution in [2.45, 2.75) is 17.5 Å². The number of nitrogens with zero attached hydrogens (tertiary/aromatic N) is 4. The van der Waals surface area contributed by atoms with Crippen molar-refractivity contribution >= 4 is 21.9 Å². The minimum atomic E-state index is -3.73. The highest BCUT2D eigenvalue weighted by Gasteiger charge is 2.29. The molecule has 1 aliphatic heterocycles. The van der Waals surface area contributed by atoms with Crippen molar-refractivity contribution in [1.29, 1.82) is 0 Å². The maximum absolute atomic E-state index is 12.3. The zero-order valence-electron chi connectivity index (χ0n) is 14.8. The lowest BCUT2D eigenvalue weighted by molar-refractivity contribution is -0.145. The van der Waals surface area contributed by atoms with Crippen LogP contribution in [0.25, 0.3) is 0 Å². The number of sulfonamides is 1. The number of hydrogen-bond acceptors (Lipinski definition) is 7. The number of carboxylic acid groups (broad SMARTS) is 1. The molecule has 1 fully saturated rings. The molecule has 0 radical (unpaired) electrons. The van der Waals surface area contributed by atoms with Crippen LogP contribution in [-0.4, -0.2) is 72.0 Å². The number of likely N-dealkylation sites (N-methyl/N-ethyl adjacent to an activating group) is 1. The predicted octanol–water partition coefficient (Wildman–Crippen LogP) is 0.478. The molecule has 1 atom stereocenters. The number of nitrogens with one attached hydrogen (secondary N) is 1. The van der Waals surface area contributed by atoms with Crippen LogP contribution in [0.15, 0.2) is 47.6 Å². The molecule has 144 valence electrons. The first kappa shape index (κ1) is 19.2. The van der Waals surface area contributed by atoms with Gasteiger partial charge in [-0.05, 0) is 19.2 Å². The highest BCUT2D eigenvalue weighted by Crippen LogP contribution is 2.14. The van der Waals surface area contributed by atoms with E-state index in [1.54, 1.807) is 37.6 Å². The van der Waals surface area contributed by atoms with E-state index in [1.165, 1.54) is 12.1 Å². The van der Waals surface area contributed by atoms with Gasteiger partial charge in [0, 0.05) is 44.1 Å². The summed E-state index contributed by atoms with van der Waals surface area (Å²) >= 11 is 0. The van der Waals surface area contributed by atoms with Gasteiger partial charge < -0.3 is 5.11 Å². The Balaban J connectivity index is 1.63. The minimum absolute atomic E-state index is 0.00982. The summed E-state index contributed by atoms with van der Waals surface area (Å²) in [5.41, 5.74) is 0.784. The number of carboxylic acids is 1. The molecule has 2 heterocycles. The summed E-state index contributed by atoms with van der Waals surface area (Å²) in [6.45, 7) is 2.31. The standard InChI is InChI=1S/C17H21N5O4S/c1-21-7-8-22(12-15(21)16(23)24)11-13-9-18-17(19-10-13)20-27(25,26)14-5-3-2-4-6-14/h2-6,9-10,15H,7-8,11-12H2,1H3,(H,23,24)(H,18,19,20)/t15-/m0/s1. The van der Waals surface area contributed by atoms with Crippen LogP contribution in [-0.2, 0) is 21.4 Å². The molecule has 3 rings (SSSR count). The fraction of sp³-hybridized carbons (Fsp3) is 0.353. The Kier molecular flexibility index (Phi) is 5.68. The fourth-order valence-electron chi connectivity index (χ4n) is 2.87. The lowest BCUT2D eigenvalue weighted by Gasteiger charge is -2.37. The van der Waals surface area contributed by atoms with E-state index in [-0.39, 0.29) is 10.8 Å². The van der Waals surface area contributed by atoms with E-state index in [2.05, 4.69) is 14.7 Å². The molecule has 1 aromatic heterocycles. The van der Waals surface area contributed by atoms with Crippen molar-refractivity contribution in [2.24, 2.45) is 0 Å². The Morgan fingerprint density at radius 2 is 1.89 bits per heavy atom. The lowest BCUT2D eigenvalue weighted by Crippen LogP contribution is -2.54. The van der Waals surface area contributed by atoms with Crippen LogP contribution < -0.4 is 4.72 Å². The summed E-state index contributed by atoms with van der Waals surface area (Å²) in [6, 6.07) is 7.44. The van der Waals surface area contributed by atoms with E-state index >= 15 is 0 Å². The Labute approximate surface area is 157 Å². The number of aromatic nitrogens is 2. The first-order valence-corrected chi connectivity index (χ1v) is 9.87. The second-order valence-corrected chi connectivity index (χ2v) is 8.09. The Bertz CT molecular complexity index is 889. The monoisotopic (exact) mass is 391 g/mol. The third-order valence-corrected chi connectivity index (χ3v) is 5.75. The highest BCUT2D eigenvalue weighted by atomic mass is 32.2. The summed E-state index contributed by atoms with van der Waals surface area (Å²) in [5.74, 6) is -0.853. The molecule has 2 N–H and O–H groups in total. The summed E-state index contributed by atoms with van der Waals surface area (Å²) in [5, 5.41) is 9.27. The van der Waals surface area contributed by atoms with Crippen molar-refractivity contribution in [1.82, 2.24) is 19.8 Å². The van der Waals surface area contributed by atoms with Gasteiger partial charge in [-0.2, -0.15) is 0 Å². The topological polar surface area (TPSA) is 116 Å². The van der Waals surface area contributed by atoms with Gasteiger partial charge in [-0.25, -0.2) is 23.1 Å². The number of piperazine rings is 1. The van der Waals surface area contributed by atoms with Crippen LogP contribution >= 0.6 is 0 Å². The average molecular weight is 391 g/mol. The third-order valence-electron chi connectivity index (χ3n) is 4.41. The zero-order valence-corrected chi connectivity index (χ0v) is 15.6. The van der Waals surface area contributed by atoms with Gasteiger partial charge in [0.15, 0.2) is 0 Å². The van der Waals surface area contributed by atoms with Gasteiger partial charge in [0.1, 0.15) is 6.04 Å². The SMILES string of the molecule is CN1CCN(Cc2cnc(NS(=O)(=O)c3ccccc3)nc2)C[C@H]1C(=O)O. The van der Waals surface area contributed by atoms with E-state index in [4.69, 9.17) is 0 Å². The molecule has 0 aliphatic carbocycles. The minimum Gasteiger partial charge on any atom is -0.480 e. The first-order valence-electron chi connectivity index (χ1n) is 8.39. The molecule has 0 spiro atoms. The van der Waals surface area contributed by atoms with Crippen LogP contribution in [0.3, 0.4) is 0 Å². The molecule has 1 aromatic carbocycles. The van der Waals surface area contributed by atoms with Crippen molar-refractivity contribution in [3.63, 3.8) is 0 Å². The van der Waals surface area contributed by atoms with Gasteiger partial charge in [0.05, 0.1) is 4.90 Å². The van der Waals surface area contributed by atoms with Gasteiger partial charge >= 0.3 is 5.97 Å². The first-order chi connectivity index (χ1) is 12.8. The number of rotatable bonds is 6. The van der Waals surface area contributed by atoms with Gasteiger partial charge in [-0.3, -0.25) is 14.6 Å². The van der Waals surface area contributed by atoms with E-state index < -0.39 is 22.0 Å². The summed E-state index contributed by atoms with van der Waals surface area (Å²) < 4.78 is 26.9.